The molecule has 0 aliphatic carbocycles. The second-order valence-corrected chi connectivity index (χ2v) is 4.31. The lowest BCUT2D eigenvalue weighted by Gasteiger charge is -2.13. The zero-order valence-corrected chi connectivity index (χ0v) is 11.6. The summed E-state index contributed by atoms with van der Waals surface area (Å²) in [6, 6.07) is 9.13. The van der Waals surface area contributed by atoms with Crippen LogP contribution in [0.5, 0.6) is 5.75 Å². The highest BCUT2D eigenvalue weighted by atomic mass is 16.5. The number of nitrogens with zero attached hydrogens (tertiary/aromatic N) is 1. The second kappa shape index (κ2) is 5.61. The third kappa shape index (κ3) is 2.42. The molecule has 0 fully saturated rings. The molecule has 1 aromatic carbocycles. The van der Waals surface area contributed by atoms with E-state index in [1.807, 2.05) is 31.2 Å². The van der Waals surface area contributed by atoms with E-state index in [0.29, 0.717) is 17.3 Å². The first kappa shape index (κ1) is 13.9. The summed E-state index contributed by atoms with van der Waals surface area (Å²) in [4.78, 5) is 15.6. The number of methoxy groups -OCH3 is 1. The molecule has 0 saturated carbocycles. The molecule has 0 aliphatic rings. The van der Waals surface area contributed by atoms with Gasteiger partial charge in [-0.15, -0.1) is 0 Å². The highest BCUT2D eigenvalue weighted by Crippen LogP contribution is 2.32. The lowest BCUT2D eigenvalue weighted by atomic mass is 10.0. The molecule has 2 rings (SSSR count). The van der Waals surface area contributed by atoms with E-state index >= 15 is 0 Å². The Bertz CT molecular complexity index is 654. The summed E-state index contributed by atoms with van der Waals surface area (Å²) >= 11 is 0. The highest BCUT2D eigenvalue weighted by Gasteiger charge is 2.16. The number of nitrogens with one attached hydrogen (secondary N) is 1. The standard InChI is InChI=1S/C15H16N2O3/c1-9-8-11(15(18)19)14(16-2)17-13(9)10-6-4-5-7-12(10)20-3/h4-8H,1-3H3,(H,16,17)(H,18,19). The van der Waals surface area contributed by atoms with Crippen LogP contribution in [0.3, 0.4) is 0 Å². The van der Waals surface area contributed by atoms with E-state index in [1.54, 1.807) is 20.2 Å². The molecular weight excluding hydrogens is 256 g/mol. The van der Waals surface area contributed by atoms with Gasteiger partial charge in [0.2, 0.25) is 0 Å². The molecule has 2 N–H and O–H groups in total. The molecule has 0 bridgehead atoms. The van der Waals surface area contributed by atoms with Gasteiger partial charge in [0.05, 0.1) is 12.8 Å². The fourth-order valence-corrected chi connectivity index (χ4v) is 2.08. The second-order valence-electron chi connectivity index (χ2n) is 4.31. The first-order chi connectivity index (χ1) is 9.58. The van der Waals surface area contributed by atoms with Gasteiger partial charge >= 0.3 is 5.97 Å². The Labute approximate surface area is 117 Å². The van der Waals surface area contributed by atoms with Crippen molar-refractivity contribution < 1.29 is 14.6 Å². The van der Waals surface area contributed by atoms with Crippen molar-refractivity contribution in [2.75, 3.05) is 19.5 Å². The van der Waals surface area contributed by atoms with Crippen molar-refractivity contribution in [3.05, 3.63) is 41.5 Å². The number of ether oxygens (including phenoxy) is 1. The fourth-order valence-electron chi connectivity index (χ4n) is 2.08. The van der Waals surface area contributed by atoms with Gasteiger partial charge in [-0.2, -0.15) is 0 Å². The maximum Gasteiger partial charge on any atom is 0.339 e. The maximum atomic E-state index is 11.2. The zero-order valence-electron chi connectivity index (χ0n) is 11.6. The van der Waals surface area contributed by atoms with Crippen molar-refractivity contribution in [2.45, 2.75) is 6.92 Å². The van der Waals surface area contributed by atoms with Crippen LogP contribution in [0.2, 0.25) is 0 Å². The quantitative estimate of drug-likeness (QED) is 0.895. The van der Waals surface area contributed by atoms with E-state index in [4.69, 9.17) is 4.74 Å². The molecule has 0 atom stereocenters. The van der Waals surface area contributed by atoms with Crippen molar-refractivity contribution in [3.8, 4) is 17.0 Å². The molecular formula is C15H16N2O3. The topological polar surface area (TPSA) is 71.5 Å². The average Bonchev–Trinajstić information content (AvgIpc) is 2.46. The zero-order chi connectivity index (χ0) is 14.7. The van der Waals surface area contributed by atoms with Gasteiger partial charge in [-0.3, -0.25) is 0 Å². The Hall–Kier alpha value is -2.56. The Morgan fingerprint density at radius 3 is 2.65 bits per heavy atom. The molecule has 0 radical (unpaired) electrons. The molecule has 2 aromatic rings. The smallest absolute Gasteiger partial charge is 0.339 e. The fraction of sp³-hybridized carbons (Fsp3) is 0.200. The number of carboxylic acid groups (broad SMARTS) is 1. The van der Waals surface area contributed by atoms with E-state index < -0.39 is 5.97 Å². The van der Waals surface area contributed by atoms with Crippen LogP contribution in [0.4, 0.5) is 5.82 Å². The highest BCUT2D eigenvalue weighted by molar-refractivity contribution is 5.94. The van der Waals surface area contributed by atoms with Gasteiger partial charge < -0.3 is 15.2 Å². The number of pyridine rings is 1. The molecule has 0 saturated heterocycles. The number of hydrogen-bond acceptors (Lipinski definition) is 4. The van der Waals surface area contributed by atoms with Crippen molar-refractivity contribution in [1.82, 2.24) is 4.98 Å². The number of anilines is 1. The van der Waals surface area contributed by atoms with Crippen LogP contribution >= 0.6 is 0 Å². The van der Waals surface area contributed by atoms with E-state index in [2.05, 4.69) is 10.3 Å². The molecule has 0 amide bonds. The average molecular weight is 272 g/mol. The summed E-state index contributed by atoms with van der Waals surface area (Å²) in [6.07, 6.45) is 0. The van der Waals surface area contributed by atoms with Gasteiger partial charge in [-0.05, 0) is 30.7 Å². The number of aryl methyl sites for hydroxylation is 1. The largest absolute Gasteiger partial charge is 0.496 e. The summed E-state index contributed by atoms with van der Waals surface area (Å²) in [6.45, 7) is 1.83. The first-order valence-corrected chi connectivity index (χ1v) is 6.14. The van der Waals surface area contributed by atoms with Crippen LogP contribution < -0.4 is 10.1 Å². The van der Waals surface area contributed by atoms with E-state index in [9.17, 15) is 9.90 Å². The molecule has 0 unspecified atom stereocenters. The normalized spacial score (nSPS) is 10.2. The van der Waals surface area contributed by atoms with E-state index in [-0.39, 0.29) is 5.56 Å². The predicted octanol–water partition coefficient (Wildman–Crippen LogP) is 2.81. The minimum Gasteiger partial charge on any atom is -0.496 e. The minimum atomic E-state index is -1.00. The van der Waals surface area contributed by atoms with Gasteiger partial charge in [0, 0.05) is 12.6 Å². The van der Waals surface area contributed by atoms with Crippen molar-refractivity contribution in [3.63, 3.8) is 0 Å². The molecule has 0 spiro atoms. The molecule has 0 aliphatic heterocycles. The Morgan fingerprint density at radius 2 is 2.05 bits per heavy atom. The molecule has 1 heterocycles. The van der Waals surface area contributed by atoms with Gasteiger partial charge in [0.25, 0.3) is 0 Å². The van der Waals surface area contributed by atoms with Crippen LogP contribution in [0.1, 0.15) is 15.9 Å². The van der Waals surface area contributed by atoms with E-state index in [0.717, 1.165) is 11.1 Å². The van der Waals surface area contributed by atoms with Crippen molar-refractivity contribution in [1.29, 1.82) is 0 Å². The number of benzene rings is 1. The molecule has 104 valence electrons. The lowest BCUT2D eigenvalue weighted by molar-refractivity contribution is 0.0697. The van der Waals surface area contributed by atoms with E-state index in [1.165, 1.54) is 0 Å². The number of aromatic carboxylic acids is 1. The summed E-state index contributed by atoms with van der Waals surface area (Å²) in [7, 11) is 3.24. The summed E-state index contributed by atoms with van der Waals surface area (Å²) in [5, 5.41) is 12.0. The van der Waals surface area contributed by atoms with Crippen LogP contribution in [0.25, 0.3) is 11.3 Å². The lowest BCUT2D eigenvalue weighted by Crippen LogP contribution is -2.07. The molecule has 1 aromatic heterocycles. The van der Waals surface area contributed by atoms with Crippen LogP contribution in [-0.2, 0) is 0 Å². The van der Waals surface area contributed by atoms with Crippen molar-refractivity contribution >= 4 is 11.8 Å². The summed E-state index contributed by atoms with van der Waals surface area (Å²) in [5.74, 6) is 0.0359. The van der Waals surface area contributed by atoms with Gasteiger partial charge in [0.15, 0.2) is 0 Å². The number of carboxylic acids is 1. The number of hydrogen-bond donors (Lipinski definition) is 2. The molecule has 5 nitrogen and oxygen atoms in total. The third-order valence-corrected chi connectivity index (χ3v) is 3.04. The third-order valence-electron chi connectivity index (χ3n) is 3.04. The summed E-state index contributed by atoms with van der Waals surface area (Å²) in [5.41, 5.74) is 2.48. The van der Waals surface area contributed by atoms with Gasteiger partial charge in [-0.1, -0.05) is 12.1 Å². The molecule has 5 heteroatoms. The van der Waals surface area contributed by atoms with Crippen molar-refractivity contribution in [2.24, 2.45) is 0 Å². The number of aromatic nitrogens is 1. The number of carbonyl (C=O) groups is 1. The number of para-hydroxylation sites is 1. The minimum absolute atomic E-state index is 0.156. The van der Waals surface area contributed by atoms with Gasteiger partial charge in [-0.25, -0.2) is 9.78 Å². The Morgan fingerprint density at radius 1 is 1.35 bits per heavy atom. The monoisotopic (exact) mass is 272 g/mol. The Balaban J connectivity index is 2.66. The van der Waals surface area contributed by atoms with Gasteiger partial charge in [0.1, 0.15) is 17.1 Å². The first-order valence-electron chi connectivity index (χ1n) is 6.14. The van der Waals surface area contributed by atoms with Crippen LogP contribution in [0.15, 0.2) is 30.3 Å². The van der Waals surface area contributed by atoms with Crippen LogP contribution in [-0.4, -0.2) is 30.2 Å². The number of rotatable bonds is 4. The Kier molecular flexibility index (Phi) is 3.89. The predicted molar refractivity (Wildman–Crippen MR) is 77.5 cm³/mol. The summed E-state index contributed by atoms with van der Waals surface area (Å²) < 4.78 is 5.33. The maximum absolute atomic E-state index is 11.2. The van der Waals surface area contributed by atoms with Crippen LogP contribution in [0, 0.1) is 6.92 Å². The molecule has 20 heavy (non-hydrogen) atoms. The SMILES string of the molecule is CNc1nc(-c2ccccc2OC)c(C)cc1C(=O)O.